The molecule has 19 heavy (non-hydrogen) atoms. The lowest BCUT2D eigenvalue weighted by Crippen LogP contribution is -2.27. The summed E-state index contributed by atoms with van der Waals surface area (Å²) in [5.41, 5.74) is 1.01. The molecule has 1 aliphatic heterocycles. The van der Waals surface area contributed by atoms with Gasteiger partial charge in [-0.15, -0.1) is 0 Å². The third-order valence-electron chi connectivity index (χ3n) is 3.09. The molecule has 0 saturated carbocycles. The molecule has 7 nitrogen and oxygen atoms in total. The molecule has 1 amide bonds. The van der Waals surface area contributed by atoms with E-state index in [1.807, 2.05) is 0 Å². The van der Waals surface area contributed by atoms with Crippen molar-refractivity contribution in [1.29, 1.82) is 0 Å². The third-order valence-corrected chi connectivity index (χ3v) is 3.36. The highest BCUT2D eigenvalue weighted by atomic mass is 35.5. The highest BCUT2D eigenvalue weighted by molar-refractivity contribution is 6.33. The van der Waals surface area contributed by atoms with Crippen LogP contribution in [0.5, 0.6) is 0 Å². The first-order chi connectivity index (χ1) is 9.22. The van der Waals surface area contributed by atoms with Gasteiger partial charge in [0.05, 0.1) is 6.33 Å². The fourth-order valence-corrected chi connectivity index (χ4v) is 2.40. The van der Waals surface area contributed by atoms with Gasteiger partial charge in [0.2, 0.25) is 11.9 Å². The predicted octanol–water partition coefficient (Wildman–Crippen LogP) is 1.09. The largest absolute Gasteiger partial charge is 0.341 e. The molecule has 3 heterocycles. The summed E-state index contributed by atoms with van der Waals surface area (Å²) < 4.78 is 0. The van der Waals surface area contributed by atoms with E-state index in [4.69, 9.17) is 11.6 Å². The molecular formula is C11H13ClN6O. The van der Waals surface area contributed by atoms with Crippen molar-refractivity contribution in [3.05, 3.63) is 11.5 Å². The maximum absolute atomic E-state index is 11.9. The summed E-state index contributed by atoms with van der Waals surface area (Å²) in [6.45, 7) is 0.972. The lowest BCUT2D eigenvalue weighted by Gasteiger charge is -2.09. The normalized spacial score (nSPS) is 18.9. The van der Waals surface area contributed by atoms with E-state index in [9.17, 15) is 4.79 Å². The average Bonchev–Trinajstić information content (AvgIpc) is 2.99. The van der Waals surface area contributed by atoms with Gasteiger partial charge >= 0.3 is 0 Å². The van der Waals surface area contributed by atoms with Gasteiger partial charge in [0, 0.05) is 12.5 Å². The molecule has 3 rings (SSSR count). The summed E-state index contributed by atoms with van der Waals surface area (Å²) in [5.74, 6) is 0.0675. The number of amides is 1. The third kappa shape index (κ3) is 2.66. The number of halogens is 1. The van der Waals surface area contributed by atoms with Crippen LogP contribution in [0.15, 0.2) is 6.33 Å². The number of H-pyrrole nitrogens is 1. The zero-order valence-electron chi connectivity index (χ0n) is 10.1. The standard InChI is InChI=1S/C11H13ClN6O/c12-9-8-10(15-5-14-8)18-11(17-9)16-7(19)4-6-2-1-3-13-6/h5-6,13H,1-4H2,(H2,14,15,16,17,18,19). The SMILES string of the molecule is O=C(CC1CCCN1)Nc1nc(Cl)c2[nH]cnc2n1. The van der Waals surface area contributed by atoms with Crippen molar-refractivity contribution in [1.82, 2.24) is 25.3 Å². The number of hydrogen-bond acceptors (Lipinski definition) is 5. The fraction of sp³-hybridized carbons (Fsp3) is 0.455. The van der Waals surface area contributed by atoms with Crippen LogP contribution in [0.4, 0.5) is 5.95 Å². The van der Waals surface area contributed by atoms with Gasteiger partial charge in [-0.05, 0) is 19.4 Å². The molecular weight excluding hydrogens is 268 g/mol. The van der Waals surface area contributed by atoms with Gasteiger partial charge in [0.15, 0.2) is 10.8 Å². The highest BCUT2D eigenvalue weighted by Crippen LogP contribution is 2.18. The van der Waals surface area contributed by atoms with Crippen molar-refractivity contribution in [2.75, 3.05) is 11.9 Å². The van der Waals surface area contributed by atoms with E-state index >= 15 is 0 Å². The molecule has 1 saturated heterocycles. The fourth-order valence-electron chi connectivity index (χ4n) is 2.18. The zero-order valence-corrected chi connectivity index (χ0v) is 10.9. The Morgan fingerprint density at radius 2 is 2.42 bits per heavy atom. The minimum Gasteiger partial charge on any atom is -0.341 e. The number of carbonyl (C=O) groups excluding carboxylic acids is 1. The summed E-state index contributed by atoms with van der Waals surface area (Å²) in [4.78, 5) is 26.8. The minimum atomic E-state index is -0.120. The summed E-state index contributed by atoms with van der Waals surface area (Å²) in [6.07, 6.45) is 4.03. The van der Waals surface area contributed by atoms with Crippen molar-refractivity contribution in [2.45, 2.75) is 25.3 Å². The Labute approximate surface area is 114 Å². The van der Waals surface area contributed by atoms with E-state index < -0.39 is 0 Å². The van der Waals surface area contributed by atoms with Crippen molar-refractivity contribution in [3.8, 4) is 0 Å². The molecule has 1 fully saturated rings. The molecule has 0 bridgehead atoms. The number of rotatable bonds is 3. The summed E-state index contributed by atoms with van der Waals surface area (Å²) in [6, 6.07) is 0.240. The van der Waals surface area contributed by atoms with E-state index in [-0.39, 0.29) is 23.1 Å². The second-order valence-corrected chi connectivity index (χ2v) is 4.84. The van der Waals surface area contributed by atoms with Crippen LogP contribution in [0.3, 0.4) is 0 Å². The molecule has 0 aliphatic carbocycles. The quantitative estimate of drug-likeness (QED) is 0.732. The smallest absolute Gasteiger partial charge is 0.233 e. The average molecular weight is 281 g/mol. The molecule has 0 spiro atoms. The number of hydrogen-bond donors (Lipinski definition) is 3. The van der Waals surface area contributed by atoms with E-state index in [0.29, 0.717) is 17.6 Å². The first-order valence-electron chi connectivity index (χ1n) is 6.12. The maximum Gasteiger partial charge on any atom is 0.233 e. The molecule has 1 aliphatic rings. The van der Waals surface area contributed by atoms with Crippen LogP contribution in [0.1, 0.15) is 19.3 Å². The topological polar surface area (TPSA) is 95.6 Å². The molecule has 1 atom stereocenters. The van der Waals surface area contributed by atoms with Crippen LogP contribution in [-0.4, -0.2) is 38.4 Å². The molecule has 8 heteroatoms. The van der Waals surface area contributed by atoms with Crippen molar-refractivity contribution in [3.63, 3.8) is 0 Å². The Morgan fingerprint density at radius 3 is 3.21 bits per heavy atom. The van der Waals surface area contributed by atoms with Crippen LogP contribution in [-0.2, 0) is 4.79 Å². The molecule has 0 aromatic carbocycles. The second kappa shape index (κ2) is 5.10. The van der Waals surface area contributed by atoms with E-state index in [1.54, 1.807) is 0 Å². The zero-order chi connectivity index (χ0) is 13.2. The Bertz CT molecular complexity index is 606. The molecule has 2 aromatic rings. The van der Waals surface area contributed by atoms with Crippen LogP contribution < -0.4 is 10.6 Å². The Hall–Kier alpha value is -1.73. The number of carbonyl (C=O) groups is 1. The van der Waals surface area contributed by atoms with Gasteiger partial charge in [-0.1, -0.05) is 11.6 Å². The van der Waals surface area contributed by atoms with Crippen LogP contribution in [0.2, 0.25) is 5.15 Å². The van der Waals surface area contributed by atoms with Gasteiger partial charge in [0.25, 0.3) is 0 Å². The first-order valence-corrected chi connectivity index (χ1v) is 6.50. The summed E-state index contributed by atoms with van der Waals surface area (Å²) in [7, 11) is 0. The Balaban J connectivity index is 1.71. The minimum absolute atomic E-state index is 0.120. The number of fused-ring (bicyclic) bond motifs is 1. The summed E-state index contributed by atoms with van der Waals surface area (Å²) >= 11 is 5.97. The number of imidazole rings is 1. The molecule has 3 N–H and O–H groups in total. The monoisotopic (exact) mass is 280 g/mol. The number of nitrogens with zero attached hydrogens (tertiary/aromatic N) is 3. The van der Waals surface area contributed by atoms with Gasteiger partial charge in [0.1, 0.15) is 5.52 Å². The Morgan fingerprint density at radius 1 is 1.53 bits per heavy atom. The lowest BCUT2D eigenvalue weighted by atomic mass is 10.1. The summed E-state index contributed by atoms with van der Waals surface area (Å²) in [5, 5.41) is 6.16. The maximum atomic E-state index is 11.9. The van der Waals surface area contributed by atoms with E-state index in [0.717, 1.165) is 19.4 Å². The number of anilines is 1. The van der Waals surface area contributed by atoms with Crippen LogP contribution in [0.25, 0.3) is 11.2 Å². The first kappa shape index (κ1) is 12.3. The highest BCUT2D eigenvalue weighted by Gasteiger charge is 2.18. The number of aromatic amines is 1. The van der Waals surface area contributed by atoms with Gasteiger partial charge in [-0.2, -0.15) is 9.97 Å². The van der Waals surface area contributed by atoms with Crippen molar-refractivity contribution < 1.29 is 4.79 Å². The Kier molecular flexibility index (Phi) is 3.31. The molecule has 1 unspecified atom stereocenters. The number of aromatic nitrogens is 4. The van der Waals surface area contributed by atoms with Crippen molar-refractivity contribution in [2.24, 2.45) is 0 Å². The molecule has 100 valence electrons. The van der Waals surface area contributed by atoms with Gasteiger partial charge in [-0.3, -0.25) is 10.1 Å². The van der Waals surface area contributed by atoms with Crippen molar-refractivity contribution >= 4 is 34.6 Å². The van der Waals surface area contributed by atoms with E-state index in [1.165, 1.54) is 6.33 Å². The number of nitrogens with one attached hydrogen (secondary N) is 3. The second-order valence-electron chi connectivity index (χ2n) is 4.48. The van der Waals surface area contributed by atoms with Crippen LogP contribution in [0, 0.1) is 0 Å². The molecule has 2 aromatic heterocycles. The van der Waals surface area contributed by atoms with E-state index in [2.05, 4.69) is 30.6 Å². The van der Waals surface area contributed by atoms with Gasteiger partial charge < -0.3 is 10.3 Å². The van der Waals surface area contributed by atoms with Crippen LogP contribution >= 0.6 is 11.6 Å². The molecule has 0 radical (unpaired) electrons. The van der Waals surface area contributed by atoms with Gasteiger partial charge in [-0.25, -0.2) is 4.98 Å². The lowest BCUT2D eigenvalue weighted by molar-refractivity contribution is -0.116. The predicted molar refractivity (Wildman–Crippen MR) is 71.0 cm³/mol.